The van der Waals surface area contributed by atoms with Gasteiger partial charge in [0, 0.05) is 13.1 Å². The molecule has 100 valence electrons. The molecule has 0 N–H and O–H groups in total. The van der Waals surface area contributed by atoms with Gasteiger partial charge in [0.2, 0.25) is 6.41 Å². The summed E-state index contributed by atoms with van der Waals surface area (Å²) in [5, 5.41) is 0. The van der Waals surface area contributed by atoms with Crippen LogP contribution in [0, 0.1) is 0 Å². The van der Waals surface area contributed by atoms with E-state index in [9.17, 15) is 13.6 Å². The number of carbonyl (C=O) groups is 1. The highest BCUT2D eigenvalue weighted by Gasteiger charge is 2.12. The molecule has 0 heterocycles. The highest BCUT2D eigenvalue weighted by molar-refractivity contribution is 5.78. The van der Waals surface area contributed by atoms with Gasteiger partial charge in [0.1, 0.15) is 11.5 Å². The lowest BCUT2D eigenvalue weighted by Crippen LogP contribution is -2.15. The fourth-order valence-electron chi connectivity index (χ4n) is 1.35. The van der Waals surface area contributed by atoms with Crippen molar-refractivity contribution in [3.05, 3.63) is 18.2 Å². The largest absolute Gasteiger partial charge is 0.491 e. The molecule has 18 heavy (non-hydrogen) atoms. The van der Waals surface area contributed by atoms with Crippen LogP contribution in [0.25, 0.3) is 0 Å². The van der Waals surface area contributed by atoms with Gasteiger partial charge in [0.25, 0.3) is 0 Å². The first-order valence-corrected chi connectivity index (χ1v) is 5.48. The fourth-order valence-corrected chi connectivity index (χ4v) is 1.35. The maximum Gasteiger partial charge on any atom is 0.387 e. The molecule has 4 nitrogen and oxygen atoms in total. The third-order valence-electron chi connectivity index (χ3n) is 2.16. The number of rotatable bonds is 7. The number of halogens is 2. The van der Waals surface area contributed by atoms with Crippen LogP contribution in [0.2, 0.25) is 0 Å². The van der Waals surface area contributed by atoms with Crippen molar-refractivity contribution < 1.29 is 23.0 Å². The van der Waals surface area contributed by atoms with Gasteiger partial charge >= 0.3 is 6.61 Å². The third-order valence-corrected chi connectivity index (χ3v) is 2.16. The van der Waals surface area contributed by atoms with E-state index in [1.807, 2.05) is 6.92 Å². The monoisotopic (exact) mass is 259 g/mol. The number of nitrogens with zero attached hydrogens (tertiary/aromatic N) is 1. The van der Waals surface area contributed by atoms with Gasteiger partial charge < -0.3 is 14.4 Å². The molecule has 1 aromatic rings. The van der Waals surface area contributed by atoms with E-state index in [-0.39, 0.29) is 5.75 Å². The minimum absolute atomic E-state index is 0.000785. The van der Waals surface area contributed by atoms with Crippen molar-refractivity contribution in [2.24, 2.45) is 0 Å². The molecule has 0 aliphatic rings. The lowest BCUT2D eigenvalue weighted by molar-refractivity contribution is -0.107. The van der Waals surface area contributed by atoms with Crippen molar-refractivity contribution in [2.75, 3.05) is 18.6 Å². The van der Waals surface area contributed by atoms with Crippen LogP contribution in [-0.4, -0.2) is 26.7 Å². The first-order chi connectivity index (χ1) is 8.58. The molecule has 0 aromatic heterocycles. The maximum absolute atomic E-state index is 12.1. The minimum Gasteiger partial charge on any atom is -0.491 e. The van der Waals surface area contributed by atoms with Crippen LogP contribution in [0.5, 0.6) is 11.5 Å². The Balaban J connectivity index is 2.99. The molecule has 0 saturated carbocycles. The lowest BCUT2D eigenvalue weighted by atomic mass is 10.2. The van der Waals surface area contributed by atoms with E-state index < -0.39 is 6.61 Å². The maximum atomic E-state index is 12.1. The van der Waals surface area contributed by atoms with Crippen LogP contribution in [-0.2, 0) is 4.79 Å². The second-order valence-electron chi connectivity index (χ2n) is 3.57. The van der Waals surface area contributed by atoms with Crippen molar-refractivity contribution in [3.8, 4) is 11.5 Å². The summed E-state index contributed by atoms with van der Waals surface area (Å²) in [6.07, 6.45) is 1.38. The Hall–Kier alpha value is -1.85. The summed E-state index contributed by atoms with van der Waals surface area (Å²) in [6.45, 7) is -0.542. The van der Waals surface area contributed by atoms with Crippen LogP contribution < -0.4 is 14.4 Å². The van der Waals surface area contributed by atoms with Crippen LogP contribution >= 0.6 is 0 Å². The molecule has 0 bridgehead atoms. The number of amides is 1. The summed E-state index contributed by atoms with van der Waals surface area (Å²) in [4.78, 5) is 12.0. The van der Waals surface area contributed by atoms with Gasteiger partial charge in [-0.3, -0.25) is 4.79 Å². The summed E-state index contributed by atoms with van der Waals surface area (Å²) < 4.78 is 33.9. The van der Waals surface area contributed by atoms with E-state index in [2.05, 4.69) is 4.74 Å². The van der Waals surface area contributed by atoms with Crippen molar-refractivity contribution in [3.63, 3.8) is 0 Å². The van der Waals surface area contributed by atoms with E-state index in [1.165, 1.54) is 23.1 Å². The Bertz CT molecular complexity index is 399. The van der Waals surface area contributed by atoms with Crippen molar-refractivity contribution in [1.82, 2.24) is 0 Å². The van der Waals surface area contributed by atoms with E-state index >= 15 is 0 Å². The Morgan fingerprint density at radius 2 is 2.17 bits per heavy atom. The van der Waals surface area contributed by atoms with Crippen molar-refractivity contribution in [1.29, 1.82) is 0 Å². The second-order valence-corrected chi connectivity index (χ2v) is 3.57. The van der Waals surface area contributed by atoms with Crippen molar-refractivity contribution >= 4 is 12.1 Å². The number of benzene rings is 1. The van der Waals surface area contributed by atoms with E-state index in [1.54, 1.807) is 7.05 Å². The minimum atomic E-state index is -2.89. The Labute approximate surface area is 104 Å². The van der Waals surface area contributed by atoms with Crippen molar-refractivity contribution in [2.45, 2.75) is 20.0 Å². The first kappa shape index (κ1) is 14.2. The van der Waals surface area contributed by atoms with E-state index in [0.717, 1.165) is 6.42 Å². The van der Waals surface area contributed by atoms with Gasteiger partial charge in [-0.1, -0.05) is 6.92 Å². The molecule has 1 aromatic carbocycles. The molecule has 0 saturated heterocycles. The summed E-state index contributed by atoms with van der Waals surface area (Å²) in [5.41, 5.74) is 0.500. The summed E-state index contributed by atoms with van der Waals surface area (Å²) in [6, 6.07) is 4.20. The predicted molar refractivity (Wildman–Crippen MR) is 63.3 cm³/mol. The highest BCUT2D eigenvalue weighted by Crippen LogP contribution is 2.32. The first-order valence-electron chi connectivity index (χ1n) is 5.48. The molecule has 1 amide bonds. The van der Waals surface area contributed by atoms with E-state index in [4.69, 9.17) is 4.74 Å². The highest BCUT2D eigenvalue weighted by atomic mass is 19.3. The quantitative estimate of drug-likeness (QED) is 0.707. The third kappa shape index (κ3) is 3.87. The average Bonchev–Trinajstić information content (AvgIpc) is 2.35. The average molecular weight is 259 g/mol. The molecule has 1 rings (SSSR count). The smallest absolute Gasteiger partial charge is 0.387 e. The van der Waals surface area contributed by atoms with Gasteiger partial charge in [-0.2, -0.15) is 8.78 Å². The van der Waals surface area contributed by atoms with Gasteiger partial charge in [-0.25, -0.2) is 0 Å². The Morgan fingerprint density at radius 1 is 1.44 bits per heavy atom. The predicted octanol–water partition coefficient (Wildman–Crippen LogP) is 2.67. The zero-order valence-corrected chi connectivity index (χ0v) is 10.2. The zero-order valence-electron chi connectivity index (χ0n) is 10.2. The molecule has 0 fully saturated rings. The summed E-state index contributed by atoms with van der Waals surface area (Å²) >= 11 is 0. The summed E-state index contributed by atoms with van der Waals surface area (Å²) in [5.74, 6) is 0.337. The van der Waals surface area contributed by atoms with Crippen LogP contribution in [0.3, 0.4) is 0 Å². The molecule has 6 heteroatoms. The molecule has 0 radical (unpaired) electrons. The fraction of sp³-hybridized carbons (Fsp3) is 0.417. The topological polar surface area (TPSA) is 38.8 Å². The summed E-state index contributed by atoms with van der Waals surface area (Å²) in [7, 11) is 1.55. The number of alkyl halides is 2. The molecule has 0 atom stereocenters. The van der Waals surface area contributed by atoms with Gasteiger partial charge in [-0.15, -0.1) is 0 Å². The molecule has 0 spiro atoms. The van der Waals surface area contributed by atoms with Crippen LogP contribution in [0.4, 0.5) is 14.5 Å². The molecule has 0 unspecified atom stereocenters. The second kappa shape index (κ2) is 6.78. The number of ether oxygens (including phenoxy) is 2. The number of anilines is 1. The zero-order chi connectivity index (χ0) is 13.5. The Kier molecular flexibility index (Phi) is 5.35. The van der Waals surface area contributed by atoms with Crippen LogP contribution in [0.1, 0.15) is 13.3 Å². The number of hydrogen-bond acceptors (Lipinski definition) is 3. The van der Waals surface area contributed by atoms with Crippen LogP contribution in [0.15, 0.2) is 18.2 Å². The Morgan fingerprint density at radius 3 is 2.72 bits per heavy atom. The van der Waals surface area contributed by atoms with Gasteiger partial charge in [0.15, 0.2) is 0 Å². The molecular weight excluding hydrogens is 244 g/mol. The molecule has 0 aliphatic carbocycles. The number of hydrogen-bond donors (Lipinski definition) is 0. The lowest BCUT2D eigenvalue weighted by Gasteiger charge is -2.17. The van der Waals surface area contributed by atoms with E-state index in [0.29, 0.717) is 24.5 Å². The normalized spacial score (nSPS) is 10.3. The molecular formula is C12H15F2NO3. The molecule has 0 aliphatic heterocycles. The SMILES string of the molecule is CCCOc1cc(OC(F)F)ccc1N(C)C=O. The van der Waals surface area contributed by atoms with Gasteiger partial charge in [-0.05, 0) is 18.6 Å². The standard InChI is InChI=1S/C12H15F2NO3/c1-3-6-17-11-7-9(18-12(13)14)4-5-10(11)15(2)8-16/h4-5,7-8,12H,3,6H2,1-2H3. The van der Waals surface area contributed by atoms with Gasteiger partial charge in [0.05, 0.1) is 12.3 Å². The number of carbonyl (C=O) groups excluding carboxylic acids is 1.